The predicted molar refractivity (Wildman–Crippen MR) is 149 cm³/mol. The van der Waals surface area contributed by atoms with E-state index in [0.717, 1.165) is 35.3 Å². The Balaban J connectivity index is 0.00000129. The standard InChI is InChI=1S/C27H35NO.2C2H6/c1-4-27(3,5-2)29-26-23(21-28-24-18-12-9-13-19-24)17-14-20-25(26)22-15-10-7-6-8-11-16-22;2*1-2/h6-8,10-11,14-17,20-21,24H,4-5,9,12-13,18-19H2,1-3H3;2*1-2H3/b7-6-,8-6?,10-7?,11-8-,15-10-,16-11?,22-15?,22-16+,28-21?;;. The van der Waals surface area contributed by atoms with Crippen molar-refractivity contribution in [3.05, 3.63) is 71.9 Å². The Labute approximate surface area is 204 Å². The molecule has 0 N–H and O–H groups in total. The summed E-state index contributed by atoms with van der Waals surface area (Å²) in [4.78, 5) is 4.95. The van der Waals surface area contributed by atoms with Gasteiger partial charge in [-0.2, -0.15) is 0 Å². The van der Waals surface area contributed by atoms with Crippen LogP contribution in [0.2, 0.25) is 0 Å². The summed E-state index contributed by atoms with van der Waals surface area (Å²) in [6.07, 6.45) is 25.0. The minimum absolute atomic E-state index is 0.189. The van der Waals surface area contributed by atoms with Crippen LogP contribution in [0, 0.1) is 0 Å². The van der Waals surface area contributed by atoms with E-state index < -0.39 is 0 Å². The van der Waals surface area contributed by atoms with Crippen molar-refractivity contribution in [3.8, 4) is 5.75 Å². The van der Waals surface area contributed by atoms with Gasteiger partial charge in [0, 0.05) is 23.4 Å². The SMILES string of the molecule is CC.CC.CCC(C)(CC)Oc1c(C=NC2CCCCC2)cccc1C1=C/C=C\C=C/C=C\1. The van der Waals surface area contributed by atoms with E-state index in [9.17, 15) is 0 Å². The summed E-state index contributed by atoms with van der Waals surface area (Å²) < 4.78 is 6.72. The van der Waals surface area contributed by atoms with Crippen LogP contribution >= 0.6 is 0 Å². The Morgan fingerprint density at radius 2 is 1.55 bits per heavy atom. The highest BCUT2D eigenvalue weighted by Crippen LogP contribution is 2.35. The van der Waals surface area contributed by atoms with Crippen LogP contribution < -0.4 is 4.74 Å². The van der Waals surface area contributed by atoms with E-state index in [-0.39, 0.29) is 5.60 Å². The van der Waals surface area contributed by atoms with E-state index >= 15 is 0 Å². The maximum Gasteiger partial charge on any atom is 0.136 e. The van der Waals surface area contributed by atoms with Gasteiger partial charge in [-0.25, -0.2) is 0 Å². The first-order valence-electron chi connectivity index (χ1n) is 13.2. The van der Waals surface area contributed by atoms with Crippen molar-refractivity contribution in [1.82, 2.24) is 0 Å². The maximum atomic E-state index is 6.72. The highest BCUT2D eigenvalue weighted by Gasteiger charge is 2.25. The van der Waals surface area contributed by atoms with Crippen LogP contribution in [-0.2, 0) is 0 Å². The van der Waals surface area contributed by atoms with Gasteiger partial charge in [0.05, 0.1) is 0 Å². The molecule has 1 aromatic rings. The lowest BCUT2D eigenvalue weighted by Crippen LogP contribution is -2.31. The molecule has 33 heavy (non-hydrogen) atoms. The molecule has 182 valence electrons. The molecule has 0 atom stereocenters. The zero-order valence-corrected chi connectivity index (χ0v) is 22.2. The van der Waals surface area contributed by atoms with Crippen LogP contribution in [0.3, 0.4) is 0 Å². The molecule has 0 saturated heterocycles. The number of benzene rings is 1. The summed E-state index contributed by atoms with van der Waals surface area (Å²) in [7, 11) is 0. The summed E-state index contributed by atoms with van der Waals surface area (Å²) in [6, 6.07) is 6.87. The Kier molecular flexibility index (Phi) is 14.2. The van der Waals surface area contributed by atoms with Crippen molar-refractivity contribution in [2.24, 2.45) is 4.99 Å². The molecule has 2 heteroatoms. The third-order valence-corrected chi connectivity index (χ3v) is 6.20. The molecule has 0 radical (unpaired) electrons. The van der Waals surface area contributed by atoms with Gasteiger partial charge in [-0.1, -0.05) is 115 Å². The average molecular weight is 450 g/mol. The van der Waals surface area contributed by atoms with Gasteiger partial charge in [0.1, 0.15) is 11.4 Å². The van der Waals surface area contributed by atoms with E-state index in [4.69, 9.17) is 9.73 Å². The smallest absolute Gasteiger partial charge is 0.136 e. The third kappa shape index (κ3) is 9.20. The molecule has 1 saturated carbocycles. The first-order valence-corrected chi connectivity index (χ1v) is 13.2. The molecule has 0 amide bonds. The van der Waals surface area contributed by atoms with Crippen molar-refractivity contribution in [1.29, 1.82) is 0 Å². The van der Waals surface area contributed by atoms with Crippen LogP contribution in [0.5, 0.6) is 5.75 Å². The van der Waals surface area contributed by atoms with Crippen molar-refractivity contribution in [2.45, 2.75) is 105 Å². The molecule has 0 heterocycles. The molecular formula is C31H47NO. The summed E-state index contributed by atoms with van der Waals surface area (Å²) >= 11 is 0. The number of hydrogen-bond donors (Lipinski definition) is 0. The quantitative estimate of drug-likeness (QED) is 0.380. The monoisotopic (exact) mass is 449 g/mol. The molecule has 1 aromatic carbocycles. The molecule has 0 bridgehead atoms. The molecule has 0 aromatic heterocycles. The van der Waals surface area contributed by atoms with Crippen LogP contribution in [0.4, 0.5) is 0 Å². The van der Waals surface area contributed by atoms with Crippen molar-refractivity contribution in [3.63, 3.8) is 0 Å². The number of hydrogen-bond acceptors (Lipinski definition) is 2. The Morgan fingerprint density at radius 3 is 2.21 bits per heavy atom. The topological polar surface area (TPSA) is 21.6 Å². The second-order valence-electron chi connectivity index (χ2n) is 8.30. The van der Waals surface area contributed by atoms with Crippen LogP contribution in [-0.4, -0.2) is 17.9 Å². The molecule has 0 spiro atoms. The number of nitrogens with zero attached hydrogens (tertiary/aromatic N) is 1. The molecule has 2 aliphatic rings. The third-order valence-electron chi connectivity index (χ3n) is 6.20. The Bertz CT molecular complexity index is 815. The Hall–Kier alpha value is -2.35. The Morgan fingerprint density at radius 1 is 0.909 bits per heavy atom. The van der Waals surface area contributed by atoms with Gasteiger partial charge >= 0.3 is 0 Å². The highest BCUT2D eigenvalue weighted by atomic mass is 16.5. The van der Waals surface area contributed by atoms with Crippen LogP contribution in [0.15, 0.2) is 65.7 Å². The number of aliphatic imine (C=N–C) groups is 1. The van der Waals surface area contributed by atoms with Gasteiger partial charge < -0.3 is 4.74 Å². The van der Waals surface area contributed by atoms with Crippen molar-refractivity contribution in [2.75, 3.05) is 0 Å². The minimum Gasteiger partial charge on any atom is -0.486 e. The first kappa shape index (κ1) is 28.7. The fourth-order valence-corrected chi connectivity index (χ4v) is 3.80. The number of ether oxygens (including phenoxy) is 1. The van der Waals surface area contributed by atoms with Crippen molar-refractivity contribution >= 4 is 11.8 Å². The molecule has 2 nitrogen and oxygen atoms in total. The number of para-hydroxylation sites is 1. The maximum absolute atomic E-state index is 6.72. The summed E-state index contributed by atoms with van der Waals surface area (Å²) in [6.45, 7) is 14.6. The lowest BCUT2D eigenvalue weighted by molar-refractivity contribution is 0.0798. The van der Waals surface area contributed by atoms with Crippen LogP contribution in [0.1, 0.15) is 105 Å². The van der Waals surface area contributed by atoms with Crippen LogP contribution in [0.25, 0.3) is 5.57 Å². The normalized spacial score (nSPS) is 20.6. The molecule has 0 aliphatic heterocycles. The molecule has 0 unspecified atom stereocenters. The molecule has 2 aliphatic carbocycles. The number of rotatable bonds is 7. The second kappa shape index (κ2) is 16.3. The van der Waals surface area contributed by atoms with Crippen molar-refractivity contribution < 1.29 is 4.74 Å². The largest absolute Gasteiger partial charge is 0.486 e. The summed E-state index contributed by atoms with van der Waals surface area (Å²) in [5, 5.41) is 0. The second-order valence-corrected chi connectivity index (χ2v) is 8.30. The zero-order valence-electron chi connectivity index (χ0n) is 22.2. The molecular weight excluding hydrogens is 402 g/mol. The van der Waals surface area contributed by atoms with E-state index in [2.05, 4.69) is 81.6 Å². The highest BCUT2D eigenvalue weighted by molar-refractivity contribution is 5.90. The minimum atomic E-state index is -0.189. The van der Waals surface area contributed by atoms with Gasteiger partial charge in [-0.15, -0.1) is 0 Å². The summed E-state index contributed by atoms with van der Waals surface area (Å²) in [5.41, 5.74) is 3.17. The van der Waals surface area contributed by atoms with Gasteiger partial charge in [-0.05, 0) is 44.2 Å². The number of allylic oxidation sites excluding steroid dienone is 8. The lowest BCUT2D eigenvalue weighted by atomic mass is 9.95. The average Bonchev–Trinajstić information content (AvgIpc) is 2.86. The van der Waals surface area contributed by atoms with E-state index in [0.29, 0.717) is 6.04 Å². The molecule has 1 fully saturated rings. The van der Waals surface area contributed by atoms with Gasteiger partial charge in [0.25, 0.3) is 0 Å². The van der Waals surface area contributed by atoms with Gasteiger partial charge in [-0.3, -0.25) is 4.99 Å². The molecule has 3 rings (SSSR count). The fourth-order valence-electron chi connectivity index (χ4n) is 3.80. The van der Waals surface area contributed by atoms with E-state index in [1.165, 1.54) is 32.1 Å². The van der Waals surface area contributed by atoms with Gasteiger partial charge in [0.15, 0.2) is 0 Å². The summed E-state index contributed by atoms with van der Waals surface area (Å²) in [5.74, 6) is 0.951. The van der Waals surface area contributed by atoms with Gasteiger partial charge in [0.2, 0.25) is 0 Å². The fraction of sp³-hybridized carbons (Fsp3) is 0.516. The lowest BCUT2D eigenvalue weighted by Gasteiger charge is -2.30. The first-order chi connectivity index (χ1) is 16.1. The predicted octanol–water partition coefficient (Wildman–Crippen LogP) is 9.51. The van der Waals surface area contributed by atoms with E-state index in [1.54, 1.807) is 0 Å². The van der Waals surface area contributed by atoms with E-state index in [1.807, 2.05) is 33.8 Å². The zero-order chi connectivity index (χ0) is 24.5.